The summed E-state index contributed by atoms with van der Waals surface area (Å²) in [6.07, 6.45) is 1.23. The van der Waals surface area contributed by atoms with Crippen LogP contribution in [-0.2, 0) is 14.9 Å². The van der Waals surface area contributed by atoms with Gasteiger partial charge >= 0.3 is 0 Å². The van der Waals surface area contributed by atoms with Gasteiger partial charge in [0.05, 0.1) is 24.1 Å². The summed E-state index contributed by atoms with van der Waals surface area (Å²) in [5, 5.41) is 1.60. The second-order valence-corrected chi connectivity index (χ2v) is 10.8. The number of hydrogen-bond donors (Lipinski definition) is 0. The van der Waals surface area contributed by atoms with Crippen molar-refractivity contribution in [2.75, 3.05) is 35.4 Å². The molecule has 1 amide bonds. The molecule has 0 saturated carbocycles. The molecular weight excluding hydrogens is 510 g/mol. The lowest BCUT2D eigenvalue weighted by Gasteiger charge is -2.14. The maximum Gasteiger partial charge on any atom is 0.287 e. The minimum Gasteiger partial charge on any atom is -0.495 e. The number of carbonyl (C=O) groups excluding carboxylic acids is 1. The first-order valence-corrected chi connectivity index (χ1v) is 13.0. The van der Waals surface area contributed by atoms with Crippen LogP contribution in [0.3, 0.4) is 0 Å². The summed E-state index contributed by atoms with van der Waals surface area (Å²) in [5.74, 6) is 0.225. The first kappa shape index (κ1) is 26.7. The Balaban J connectivity index is 2.15. The van der Waals surface area contributed by atoms with Crippen LogP contribution < -0.4 is 4.74 Å². The van der Waals surface area contributed by atoms with E-state index in [2.05, 4.69) is 4.40 Å². The van der Waals surface area contributed by atoms with Crippen molar-refractivity contribution in [2.24, 2.45) is 4.40 Å². The fourth-order valence-corrected chi connectivity index (χ4v) is 5.80. The molecule has 0 aliphatic carbocycles. The molecule has 0 saturated heterocycles. The molecular formula is C24H26ClN3O5S2. The SMILES string of the molecule is COc1ccc(-c2sc(C(=O)N(C)OC)c(-c3ccc(S(=O)(=O)/N=C/N(C)C)cc3)c2C)cc1Cl. The van der Waals surface area contributed by atoms with Gasteiger partial charge < -0.3 is 9.64 Å². The Morgan fingerprint density at radius 3 is 2.23 bits per heavy atom. The number of nitrogens with zero attached hydrogens (tertiary/aromatic N) is 3. The van der Waals surface area contributed by atoms with E-state index in [1.54, 1.807) is 45.5 Å². The summed E-state index contributed by atoms with van der Waals surface area (Å²) in [5.41, 5.74) is 3.06. The van der Waals surface area contributed by atoms with Crippen molar-refractivity contribution >= 4 is 45.2 Å². The van der Waals surface area contributed by atoms with Gasteiger partial charge in [0, 0.05) is 31.6 Å². The van der Waals surface area contributed by atoms with Crippen LogP contribution in [0.1, 0.15) is 15.2 Å². The highest BCUT2D eigenvalue weighted by atomic mass is 35.5. The number of halogens is 1. The summed E-state index contributed by atoms with van der Waals surface area (Å²) in [6, 6.07) is 11.7. The van der Waals surface area contributed by atoms with Gasteiger partial charge in [-0.25, -0.2) is 5.06 Å². The molecule has 2 aromatic carbocycles. The van der Waals surface area contributed by atoms with Gasteiger partial charge in [0.2, 0.25) is 0 Å². The van der Waals surface area contributed by atoms with Crippen LogP contribution in [0.25, 0.3) is 21.6 Å². The van der Waals surface area contributed by atoms with Crippen LogP contribution in [0.2, 0.25) is 5.02 Å². The number of amides is 1. The van der Waals surface area contributed by atoms with Gasteiger partial charge in [0.1, 0.15) is 17.0 Å². The van der Waals surface area contributed by atoms with Crippen molar-refractivity contribution in [1.82, 2.24) is 9.96 Å². The van der Waals surface area contributed by atoms with Crippen molar-refractivity contribution < 1.29 is 22.8 Å². The van der Waals surface area contributed by atoms with E-state index in [4.69, 9.17) is 21.2 Å². The molecule has 35 heavy (non-hydrogen) atoms. The monoisotopic (exact) mass is 535 g/mol. The third kappa shape index (κ3) is 5.67. The second-order valence-electron chi connectivity index (χ2n) is 7.78. The van der Waals surface area contributed by atoms with Crippen LogP contribution in [-0.4, -0.2) is 66.0 Å². The van der Waals surface area contributed by atoms with Crippen LogP contribution in [0.5, 0.6) is 5.75 Å². The van der Waals surface area contributed by atoms with Gasteiger partial charge in [-0.3, -0.25) is 9.63 Å². The fourth-order valence-electron chi connectivity index (χ4n) is 3.33. The van der Waals surface area contributed by atoms with Gasteiger partial charge in [0.15, 0.2) is 0 Å². The Labute approximate surface area is 214 Å². The molecule has 0 aliphatic rings. The van der Waals surface area contributed by atoms with Crippen molar-refractivity contribution in [1.29, 1.82) is 0 Å². The number of methoxy groups -OCH3 is 1. The molecule has 186 valence electrons. The van der Waals surface area contributed by atoms with Crippen molar-refractivity contribution in [3.05, 3.63) is 57.9 Å². The molecule has 0 bridgehead atoms. The van der Waals surface area contributed by atoms with E-state index in [1.807, 2.05) is 13.0 Å². The Morgan fingerprint density at radius 2 is 1.69 bits per heavy atom. The lowest BCUT2D eigenvalue weighted by Crippen LogP contribution is -2.25. The number of sulfonamides is 1. The lowest BCUT2D eigenvalue weighted by atomic mass is 9.98. The quantitative estimate of drug-likeness (QED) is 0.230. The van der Waals surface area contributed by atoms with Gasteiger partial charge in [-0.1, -0.05) is 23.7 Å². The molecule has 0 unspecified atom stereocenters. The van der Waals surface area contributed by atoms with Gasteiger partial charge in [-0.05, 0) is 53.9 Å². The highest BCUT2D eigenvalue weighted by molar-refractivity contribution is 7.90. The van der Waals surface area contributed by atoms with Crippen LogP contribution in [0.15, 0.2) is 51.8 Å². The van der Waals surface area contributed by atoms with E-state index in [-0.39, 0.29) is 10.8 Å². The number of hydroxylamine groups is 2. The van der Waals surface area contributed by atoms with Gasteiger partial charge in [-0.15, -0.1) is 15.7 Å². The van der Waals surface area contributed by atoms with Crippen molar-refractivity contribution in [2.45, 2.75) is 11.8 Å². The largest absolute Gasteiger partial charge is 0.495 e. The Hall–Kier alpha value is -2.92. The molecule has 0 aliphatic heterocycles. The average Bonchev–Trinajstić information content (AvgIpc) is 3.18. The number of benzene rings is 2. The molecule has 1 aromatic heterocycles. The highest BCUT2D eigenvalue weighted by Gasteiger charge is 2.26. The third-order valence-electron chi connectivity index (χ3n) is 5.17. The number of hydrogen-bond acceptors (Lipinski definition) is 6. The first-order valence-electron chi connectivity index (χ1n) is 10.4. The van der Waals surface area contributed by atoms with E-state index in [0.29, 0.717) is 26.8 Å². The van der Waals surface area contributed by atoms with E-state index >= 15 is 0 Å². The maximum atomic E-state index is 13.2. The normalized spacial score (nSPS) is 11.6. The summed E-state index contributed by atoms with van der Waals surface area (Å²) in [4.78, 5) is 21.2. The lowest BCUT2D eigenvalue weighted by molar-refractivity contribution is -0.0753. The molecule has 11 heteroatoms. The summed E-state index contributed by atoms with van der Waals surface area (Å²) in [6.45, 7) is 1.91. The number of ether oxygens (including phenoxy) is 1. The van der Waals surface area contributed by atoms with Crippen molar-refractivity contribution in [3.8, 4) is 27.3 Å². The highest BCUT2D eigenvalue weighted by Crippen LogP contribution is 2.44. The zero-order valence-corrected chi connectivity index (χ0v) is 22.6. The minimum absolute atomic E-state index is 0.0521. The fraction of sp³-hybridized carbons (Fsp3) is 0.250. The number of carbonyl (C=O) groups is 1. The topological polar surface area (TPSA) is 88.5 Å². The van der Waals surface area contributed by atoms with Crippen LogP contribution >= 0.6 is 22.9 Å². The average molecular weight is 536 g/mol. The molecule has 1 heterocycles. The zero-order valence-electron chi connectivity index (χ0n) is 20.2. The summed E-state index contributed by atoms with van der Waals surface area (Å²) >= 11 is 7.66. The molecule has 0 atom stereocenters. The Bertz CT molecular complexity index is 1370. The van der Waals surface area contributed by atoms with Gasteiger partial charge in [0.25, 0.3) is 15.9 Å². The molecule has 0 N–H and O–H groups in total. The number of rotatable bonds is 8. The molecule has 3 rings (SSSR count). The predicted molar refractivity (Wildman–Crippen MR) is 140 cm³/mol. The maximum absolute atomic E-state index is 13.2. The molecule has 0 spiro atoms. The summed E-state index contributed by atoms with van der Waals surface area (Å²) < 4.78 is 33.9. The first-order chi connectivity index (χ1) is 16.5. The summed E-state index contributed by atoms with van der Waals surface area (Å²) in [7, 11) is 4.01. The molecule has 0 radical (unpaired) electrons. The second kappa shape index (κ2) is 10.8. The standard InChI is InChI=1S/C24H26ClN3O5S2/c1-15-21(16-7-10-18(11-8-16)35(30,31)26-14-27(2)3)23(24(29)28(4)33-6)34-22(15)17-9-12-20(32-5)19(25)13-17/h7-14H,1-6H3/b26-14+. The van der Waals surface area contributed by atoms with E-state index < -0.39 is 10.0 Å². The van der Waals surface area contributed by atoms with Crippen LogP contribution in [0.4, 0.5) is 0 Å². The van der Waals surface area contributed by atoms with E-state index in [0.717, 1.165) is 21.1 Å². The number of thiophene rings is 1. The molecule has 3 aromatic rings. The zero-order chi connectivity index (χ0) is 25.9. The smallest absolute Gasteiger partial charge is 0.287 e. The van der Waals surface area contributed by atoms with E-state index in [9.17, 15) is 13.2 Å². The molecule has 8 nitrogen and oxygen atoms in total. The Kier molecular flexibility index (Phi) is 8.22. The Morgan fingerprint density at radius 1 is 1.06 bits per heavy atom. The minimum atomic E-state index is -3.85. The van der Waals surface area contributed by atoms with Gasteiger partial charge in [-0.2, -0.15) is 8.42 Å². The third-order valence-corrected chi connectivity index (χ3v) is 8.04. The molecule has 0 fully saturated rings. The van der Waals surface area contributed by atoms with Crippen molar-refractivity contribution in [3.63, 3.8) is 0 Å². The predicted octanol–water partition coefficient (Wildman–Crippen LogP) is 4.96. The van der Waals surface area contributed by atoms with Crippen LogP contribution in [0, 0.1) is 6.92 Å². The van der Waals surface area contributed by atoms with E-state index in [1.165, 1.54) is 48.9 Å².